The van der Waals surface area contributed by atoms with E-state index in [9.17, 15) is 4.79 Å². The molecule has 0 saturated carbocycles. The Morgan fingerprint density at radius 1 is 0.879 bits per heavy atom. The second-order valence-electron chi connectivity index (χ2n) is 7.33. The average Bonchev–Trinajstić information content (AvgIpc) is 3.29. The van der Waals surface area contributed by atoms with Gasteiger partial charge in [-0.2, -0.15) is 0 Å². The first kappa shape index (κ1) is 22.6. The third-order valence-corrected chi connectivity index (χ3v) is 6.24. The van der Waals surface area contributed by atoms with Gasteiger partial charge >= 0.3 is 0 Å². The highest BCUT2D eigenvalue weighted by Gasteiger charge is 2.19. The van der Waals surface area contributed by atoms with Crippen LogP contribution in [0.15, 0.2) is 84.0 Å². The summed E-state index contributed by atoms with van der Waals surface area (Å²) in [5.41, 5.74) is 2.74. The maximum atomic E-state index is 12.7. The lowest BCUT2D eigenvalue weighted by molar-refractivity contribution is 0.102. The number of nitrogens with zero attached hydrogens (tertiary/aromatic N) is 3. The van der Waals surface area contributed by atoms with E-state index in [-0.39, 0.29) is 11.5 Å². The molecule has 4 aromatic rings. The van der Waals surface area contributed by atoms with E-state index in [1.165, 1.54) is 17.3 Å². The molecule has 4 rings (SSSR count). The number of para-hydroxylation sites is 1. The van der Waals surface area contributed by atoms with Gasteiger partial charge in [-0.15, -0.1) is 10.2 Å². The van der Waals surface area contributed by atoms with Gasteiger partial charge in [-0.05, 0) is 48.4 Å². The Morgan fingerprint density at radius 3 is 2.33 bits per heavy atom. The van der Waals surface area contributed by atoms with Crippen molar-refractivity contribution in [1.29, 1.82) is 0 Å². The first-order chi connectivity index (χ1) is 16.2. The number of rotatable bonds is 10. The monoisotopic (exact) mass is 459 g/mol. The molecule has 0 aliphatic heterocycles. The number of ketones is 1. The van der Waals surface area contributed by atoms with Crippen molar-refractivity contribution in [3.05, 3.63) is 90.0 Å². The SMILES string of the molecule is COc1ccc(C(=O)CSc2nnc(-c3ccccc3OC)n2CCc2ccccc2)cc1. The van der Waals surface area contributed by atoms with Crippen LogP contribution in [-0.4, -0.2) is 40.5 Å². The maximum absolute atomic E-state index is 12.7. The van der Waals surface area contributed by atoms with Gasteiger partial charge in [0.15, 0.2) is 16.8 Å². The van der Waals surface area contributed by atoms with Crippen LogP contribution in [0.1, 0.15) is 15.9 Å². The van der Waals surface area contributed by atoms with Gasteiger partial charge in [0.1, 0.15) is 11.5 Å². The van der Waals surface area contributed by atoms with Gasteiger partial charge in [-0.25, -0.2) is 0 Å². The minimum atomic E-state index is 0.0269. The highest BCUT2D eigenvalue weighted by Crippen LogP contribution is 2.31. The molecule has 33 heavy (non-hydrogen) atoms. The van der Waals surface area contributed by atoms with Crippen molar-refractivity contribution in [3.63, 3.8) is 0 Å². The topological polar surface area (TPSA) is 66.2 Å². The van der Waals surface area contributed by atoms with Crippen molar-refractivity contribution in [2.45, 2.75) is 18.1 Å². The number of benzene rings is 3. The van der Waals surface area contributed by atoms with Crippen molar-refractivity contribution >= 4 is 17.5 Å². The summed E-state index contributed by atoms with van der Waals surface area (Å²) in [7, 11) is 3.25. The van der Waals surface area contributed by atoms with E-state index in [4.69, 9.17) is 9.47 Å². The average molecular weight is 460 g/mol. The fourth-order valence-electron chi connectivity index (χ4n) is 3.50. The molecule has 0 bridgehead atoms. The van der Waals surface area contributed by atoms with Gasteiger partial charge in [0.05, 0.1) is 25.5 Å². The molecule has 0 atom stereocenters. The maximum Gasteiger partial charge on any atom is 0.191 e. The zero-order valence-corrected chi connectivity index (χ0v) is 19.4. The summed E-state index contributed by atoms with van der Waals surface area (Å²) in [5.74, 6) is 2.47. The van der Waals surface area contributed by atoms with Crippen LogP contribution in [0.2, 0.25) is 0 Å². The molecule has 0 radical (unpaired) electrons. The molecular weight excluding hydrogens is 434 g/mol. The molecule has 1 aromatic heterocycles. The zero-order valence-electron chi connectivity index (χ0n) is 18.6. The van der Waals surface area contributed by atoms with E-state index in [1.54, 1.807) is 38.5 Å². The number of hydrogen-bond acceptors (Lipinski definition) is 6. The third-order valence-electron chi connectivity index (χ3n) is 5.28. The molecule has 0 saturated heterocycles. The van der Waals surface area contributed by atoms with Crippen LogP contribution in [0, 0.1) is 0 Å². The summed E-state index contributed by atoms with van der Waals surface area (Å²) in [5, 5.41) is 9.59. The first-order valence-electron chi connectivity index (χ1n) is 10.6. The van der Waals surface area contributed by atoms with Gasteiger partial charge in [0.25, 0.3) is 0 Å². The lowest BCUT2D eigenvalue weighted by Crippen LogP contribution is -2.08. The highest BCUT2D eigenvalue weighted by molar-refractivity contribution is 7.99. The summed E-state index contributed by atoms with van der Waals surface area (Å²) < 4.78 is 12.8. The lowest BCUT2D eigenvalue weighted by Gasteiger charge is -2.12. The Morgan fingerprint density at radius 2 is 1.61 bits per heavy atom. The molecule has 168 valence electrons. The molecule has 7 heteroatoms. The fourth-order valence-corrected chi connectivity index (χ4v) is 4.36. The van der Waals surface area contributed by atoms with Gasteiger partial charge in [0.2, 0.25) is 0 Å². The van der Waals surface area contributed by atoms with Crippen LogP contribution in [-0.2, 0) is 13.0 Å². The smallest absolute Gasteiger partial charge is 0.191 e. The Balaban J connectivity index is 1.58. The number of aromatic nitrogens is 3. The predicted molar refractivity (Wildman–Crippen MR) is 130 cm³/mol. The molecule has 0 aliphatic carbocycles. The van der Waals surface area contributed by atoms with E-state index < -0.39 is 0 Å². The standard InChI is InChI=1S/C26H25N3O3S/c1-31-21-14-12-20(13-15-21)23(30)18-33-26-28-27-25(22-10-6-7-11-24(22)32-2)29(26)17-16-19-8-4-3-5-9-19/h3-15H,16-18H2,1-2H3. The Kier molecular flexibility index (Phi) is 7.42. The Labute approximate surface area is 197 Å². The summed E-state index contributed by atoms with van der Waals surface area (Å²) >= 11 is 1.39. The van der Waals surface area contributed by atoms with Gasteiger partial charge in [-0.3, -0.25) is 4.79 Å². The largest absolute Gasteiger partial charge is 0.497 e. The van der Waals surface area contributed by atoms with E-state index in [0.29, 0.717) is 17.3 Å². The highest BCUT2D eigenvalue weighted by atomic mass is 32.2. The molecule has 1 heterocycles. The first-order valence-corrected chi connectivity index (χ1v) is 11.6. The minimum Gasteiger partial charge on any atom is -0.497 e. The lowest BCUT2D eigenvalue weighted by atomic mass is 10.1. The van der Waals surface area contributed by atoms with Crippen molar-refractivity contribution in [2.24, 2.45) is 0 Å². The van der Waals surface area contributed by atoms with Crippen molar-refractivity contribution in [2.75, 3.05) is 20.0 Å². The number of ether oxygens (including phenoxy) is 2. The second kappa shape index (κ2) is 10.8. The van der Waals surface area contributed by atoms with Crippen LogP contribution in [0.25, 0.3) is 11.4 Å². The number of aryl methyl sites for hydroxylation is 1. The molecule has 0 fully saturated rings. The molecule has 0 spiro atoms. The van der Waals surface area contributed by atoms with E-state index in [1.807, 2.05) is 42.5 Å². The predicted octanol–water partition coefficient (Wildman–Crippen LogP) is 5.18. The number of hydrogen-bond donors (Lipinski definition) is 0. The molecule has 6 nitrogen and oxygen atoms in total. The van der Waals surface area contributed by atoms with Crippen LogP contribution in [0.5, 0.6) is 11.5 Å². The third kappa shape index (κ3) is 5.43. The van der Waals surface area contributed by atoms with Gasteiger partial charge in [-0.1, -0.05) is 54.2 Å². The zero-order chi connectivity index (χ0) is 23.0. The molecular formula is C26H25N3O3S. The molecule has 0 amide bonds. The van der Waals surface area contributed by atoms with Gasteiger partial charge < -0.3 is 14.0 Å². The van der Waals surface area contributed by atoms with Crippen molar-refractivity contribution in [1.82, 2.24) is 14.8 Å². The molecule has 3 aromatic carbocycles. The quantitative estimate of drug-likeness (QED) is 0.240. The van der Waals surface area contributed by atoms with Crippen LogP contribution < -0.4 is 9.47 Å². The minimum absolute atomic E-state index is 0.0269. The summed E-state index contributed by atoms with van der Waals surface area (Å²) in [6.45, 7) is 0.684. The summed E-state index contributed by atoms with van der Waals surface area (Å²) in [6, 6.07) is 25.2. The summed E-state index contributed by atoms with van der Waals surface area (Å²) in [4.78, 5) is 12.7. The molecule has 0 N–H and O–H groups in total. The Hall–Kier alpha value is -3.58. The number of methoxy groups -OCH3 is 2. The van der Waals surface area contributed by atoms with E-state index >= 15 is 0 Å². The van der Waals surface area contributed by atoms with Crippen molar-refractivity contribution < 1.29 is 14.3 Å². The van der Waals surface area contributed by atoms with Gasteiger partial charge in [0, 0.05) is 12.1 Å². The summed E-state index contributed by atoms with van der Waals surface area (Å²) in [6.07, 6.45) is 0.820. The Bertz CT molecular complexity index is 1210. The molecule has 0 aliphatic rings. The number of thioether (sulfide) groups is 1. The van der Waals surface area contributed by atoms with Crippen molar-refractivity contribution in [3.8, 4) is 22.9 Å². The second-order valence-corrected chi connectivity index (χ2v) is 8.28. The number of carbonyl (C=O) groups excluding carboxylic acids is 1. The van der Waals surface area contributed by atoms with Crippen LogP contribution in [0.3, 0.4) is 0 Å². The number of Topliss-reactive ketones (excluding diaryl/α,β-unsaturated/α-hetero) is 1. The normalized spacial score (nSPS) is 10.7. The van der Waals surface area contributed by atoms with E-state index in [2.05, 4.69) is 26.9 Å². The van der Waals surface area contributed by atoms with E-state index in [0.717, 1.165) is 29.3 Å². The van der Waals surface area contributed by atoms with Crippen LogP contribution in [0.4, 0.5) is 0 Å². The molecule has 0 unspecified atom stereocenters. The fraction of sp³-hybridized carbons (Fsp3) is 0.192. The van der Waals surface area contributed by atoms with Crippen LogP contribution >= 0.6 is 11.8 Å². The number of carbonyl (C=O) groups is 1.